The molecule has 1 heterocycles. The average Bonchev–Trinajstić information content (AvgIpc) is 2.51. The van der Waals surface area contributed by atoms with Crippen LogP contribution in [0.5, 0.6) is 0 Å². The first-order chi connectivity index (χ1) is 7.20. The molecule has 0 saturated heterocycles. The Balaban J connectivity index is 2.54. The Morgan fingerprint density at radius 1 is 1.40 bits per heavy atom. The molecular weight excluding hydrogens is 255 g/mol. The number of carbonyl (C=O) groups is 1. The number of ether oxygens (including phenoxy) is 1. The maximum absolute atomic E-state index is 11.2. The summed E-state index contributed by atoms with van der Waals surface area (Å²) in [7, 11) is 5.65. The van der Waals surface area contributed by atoms with E-state index < -0.39 is 5.97 Å². The van der Waals surface area contributed by atoms with Crippen LogP contribution in [0.25, 0.3) is 0 Å². The normalized spacial score (nSPS) is 18.8. The molecule has 0 aromatic carbocycles. The number of esters is 1. The maximum atomic E-state index is 11.2. The van der Waals surface area contributed by atoms with E-state index in [1.54, 1.807) is 4.99 Å². The van der Waals surface area contributed by atoms with Gasteiger partial charge in [-0.3, -0.25) is 0 Å². The fourth-order valence-corrected chi connectivity index (χ4v) is 1.92. The van der Waals surface area contributed by atoms with Crippen molar-refractivity contribution in [3.8, 4) is 0 Å². The van der Waals surface area contributed by atoms with Crippen molar-refractivity contribution in [2.24, 2.45) is 0 Å². The Kier molecular flexibility index (Phi) is 5.16. The summed E-state index contributed by atoms with van der Waals surface area (Å²) in [6.45, 7) is 2.17. The monoisotopic (exact) mass is 268 g/mol. The van der Waals surface area contributed by atoms with Crippen molar-refractivity contribution >= 4 is 29.7 Å². The van der Waals surface area contributed by atoms with Gasteiger partial charge in [0.05, 0.1) is 0 Å². The molecule has 0 saturated carbocycles. The highest BCUT2D eigenvalue weighted by Gasteiger charge is 2.24. The van der Waals surface area contributed by atoms with Gasteiger partial charge < -0.3 is 4.74 Å². The summed E-state index contributed by atoms with van der Waals surface area (Å²) < 4.78 is 4.97. The molecule has 80 valence electrons. The van der Waals surface area contributed by atoms with Crippen molar-refractivity contribution in [3.63, 3.8) is 0 Å². The predicted octanol–water partition coefficient (Wildman–Crippen LogP) is 3.17. The largest absolute Gasteiger partial charge is 0.423 e. The van der Waals surface area contributed by atoms with Crippen LogP contribution in [-0.4, -0.2) is 13.8 Å². The van der Waals surface area contributed by atoms with Crippen LogP contribution in [0.3, 0.4) is 0 Å². The van der Waals surface area contributed by atoms with Crippen LogP contribution in [0.15, 0.2) is 21.8 Å². The first-order valence-electron chi connectivity index (χ1n) is 5.22. The second-order valence-corrected chi connectivity index (χ2v) is 4.02. The lowest BCUT2D eigenvalue weighted by Gasteiger charge is -2.03. The van der Waals surface area contributed by atoms with E-state index in [1.807, 2.05) is 0 Å². The van der Waals surface area contributed by atoms with Gasteiger partial charge in [0, 0.05) is 4.99 Å². The summed E-state index contributed by atoms with van der Waals surface area (Å²) in [5.74, 6) is 0.139. The molecule has 0 unspecified atom stereocenters. The van der Waals surface area contributed by atoms with Gasteiger partial charge in [-0.05, 0) is 23.9 Å². The third-order valence-corrected chi connectivity index (χ3v) is 2.84. The Morgan fingerprint density at radius 2 is 2.13 bits per heavy atom. The first-order valence-corrected chi connectivity index (χ1v) is 6.13. The molecule has 0 bridgehead atoms. The lowest BCUT2D eigenvalue weighted by molar-refractivity contribution is -0.132. The Morgan fingerprint density at radius 3 is 2.73 bits per heavy atom. The van der Waals surface area contributed by atoms with Crippen LogP contribution in [0, 0.1) is 0 Å². The average molecular weight is 269 g/mol. The summed E-state index contributed by atoms with van der Waals surface area (Å²) in [4.78, 5) is 12.8. The van der Waals surface area contributed by atoms with Gasteiger partial charge in [-0.15, -0.1) is 0 Å². The first kappa shape index (κ1) is 12.6. The molecule has 0 fully saturated rings. The zero-order chi connectivity index (χ0) is 11.3. The Bertz CT molecular complexity index is 308. The molecule has 1 aliphatic rings. The highest BCUT2D eigenvalue weighted by Crippen LogP contribution is 2.29. The number of cyclic esters (lactones) is 1. The highest BCUT2D eigenvalue weighted by atomic mass is 79.9. The highest BCUT2D eigenvalue weighted by molar-refractivity contribution is 9.11. The molecule has 1 rings (SSSR count). The Labute approximate surface area is 100 Å². The van der Waals surface area contributed by atoms with E-state index in [2.05, 4.69) is 22.9 Å². The summed E-state index contributed by atoms with van der Waals surface area (Å²) >= 11 is 3.17. The van der Waals surface area contributed by atoms with Crippen molar-refractivity contribution < 1.29 is 9.53 Å². The topological polar surface area (TPSA) is 26.3 Å². The number of carbonyl (C=O) groups excluding carboxylic acids is 1. The minimum Gasteiger partial charge on any atom is -0.423 e. The fraction of sp³-hybridized carbons (Fsp3) is 0.545. The maximum Gasteiger partial charge on any atom is 0.329 e. The summed E-state index contributed by atoms with van der Waals surface area (Å²) in [6, 6.07) is 0. The molecule has 15 heavy (non-hydrogen) atoms. The van der Waals surface area contributed by atoms with Crippen molar-refractivity contribution in [1.29, 1.82) is 0 Å². The minimum absolute atomic E-state index is 0.261. The fourth-order valence-electron chi connectivity index (χ4n) is 1.55. The number of allylic oxidation sites excluding steroid dienone is 1. The third-order valence-electron chi connectivity index (χ3n) is 2.42. The smallest absolute Gasteiger partial charge is 0.329 e. The standard InChI is InChI=1S/C11H14BBrO2/c1-2-3-4-5-6-8-9(7-13)15-11(14)10(8)12/h7H,2-6H2,1H3/b9-7-. The van der Waals surface area contributed by atoms with Crippen LogP contribution < -0.4 is 0 Å². The van der Waals surface area contributed by atoms with Crippen molar-refractivity contribution in [2.45, 2.75) is 39.0 Å². The lowest BCUT2D eigenvalue weighted by atomic mass is 9.89. The lowest BCUT2D eigenvalue weighted by Crippen LogP contribution is -1.97. The van der Waals surface area contributed by atoms with Gasteiger partial charge in [0.1, 0.15) is 13.6 Å². The SMILES string of the molecule is [B]C1=C(CCCCCC)/C(=C/Br)OC1=O. The van der Waals surface area contributed by atoms with Gasteiger partial charge in [-0.2, -0.15) is 0 Å². The molecule has 4 heteroatoms. The second-order valence-electron chi connectivity index (χ2n) is 3.57. The van der Waals surface area contributed by atoms with E-state index in [-0.39, 0.29) is 5.47 Å². The molecule has 1 aliphatic heterocycles. The Hall–Kier alpha value is -0.505. The van der Waals surface area contributed by atoms with Crippen molar-refractivity contribution in [3.05, 3.63) is 21.8 Å². The molecule has 2 nitrogen and oxygen atoms in total. The molecule has 0 spiro atoms. The molecular formula is C11H14BBrO2. The van der Waals surface area contributed by atoms with E-state index in [0.717, 1.165) is 24.8 Å². The predicted molar refractivity (Wildman–Crippen MR) is 64.6 cm³/mol. The van der Waals surface area contributed by atoms with Gasteiger partial charge in [0.2, 0.25) is 0 Å². The molecule has 0 aliphatic carbocycles. The third kappa shape index (κ3) is 3.23. The molecule has 0 N–H and O–H groups in total. The molecule has 0 atom stereocenters. The van der Waals surface area contributed by atoms with Gasteiger partial charge in [0.25, 0.3) is 0 Å². The zero-order valence-corrected chi connectivity index (χ0v) is 10.5. The molecule has 0 aromatic heterocycles. The summed E-state index contributed by atoms with van der Waals surface area (Å²) in [5, 5.41) is 0. The quantitative estimate of drug-likeness (QED) is 0.435. The molecule has 2 radical (unpaired) electrons. The van der Waals surface area contributed by atoms with E-state index in [1.165, 1.54) is 12.8 Å². The zero-order valence-electron chi connectivity index (χ0n) is 8.88. The number of unbranched alkanes of at least 4 members (excludes halogenated alkanes) is 3. The van der Waals surface area contributed by atoms with Crippen LogP contribution in [-0.2, 0) is 9.53 Å². The van der Waals surface area contributed by atoms with Crippen LogP contribution in [0.4, 0.5) is 0 Å². The van der Waals surface area contributed by atoms with Gasteiger partial charge >= 0.3 is 5.97 Å². The van der Waals surface area contributed by atoms with Gasteiger partial charge in [-0.25, -0.2) is 4.79 Å². The van der Waals surface area contributed by atoms with Crippen LogP contribution in [0.1, 0.15) is 39.0 Å². The number of hydrogen-bond donors (Lipinski definition) is 0. The van der Waals surface area contributed by atoms with Gasteiger partial charge in [0.15, 0.2) is 0 Å². The van der Waals surface area contributed by atoms with Crippen molar-refractivity contribution in [2.75, 3.05) is 0 Å². The van der Waals surface area contributed by atoms with Crippen molar-refractivity contribution in [1.82, 2.24) is 0 Å². The second kappa shape index (κ2) is 6.16. The summed E-state index contributed by atoms with van der Waals surface area (Å²) in [5.41, 5.74) is 1.10. The summed E-state index contributed by atoms with van der Waals surface area (Å²) in [6.07, 6.45) is 5.44. The van der Waals surface area contributed by atoms with Gasteiger partial charge in [-0.1, -0.05) is 42.1 Å². The van der Waals surface area contributed by atoms with E-state index in [4.69, 9.17) is 12.6 Å². The number of hydrogen-bond acceptors (Lipinski definition) is 2. The molecule has 0 aromatic rings. The number of halogens is 1. The van der Waals surface area contributed by atoms with Crippen LogP contribution in [0.2, 0.25) is 0 Å². The van der Waals surface area contributed by atoms with E-state index >= 15 is 0 Å². The van der Waals surface area contributed by atoms with E-state index in [9.17, 15) is 4.79 Å². The molecule has 0 amide bonds. The number of rotatable bonds is 5. The minimum atomic E-state index is -0.425. The van der Waals surface area contributed by atoms with Crippen LogP contribution >= 0.6 is 15.9 Å². The van der Waals surface area contributed by atoms with E-state index in [0.29, 0.717) is 5.76 Å².